The number of carboxylic acid groups (broad SMARTS) is 1. The van der Waals surface area contributed by atoms with Crippen molar-refractivity contribution in [2.75, 3.05) is 26.3 Å². The van der Waals surface area contributed by atoms with E-state index in [1.165, 1.54) is 0 Å². The minimum absolute atomic E-state index is 0.139. The van der Waals surface area contributed by atoms with Crippen molar-refractivity contribution in [1.82, 2.24) is 5.32 Å². The van der Waals surface area contributed by atoms with Crippen LogP contribution < -0.4 is 5.32 Å². The molecule has 0 amide bonds. The SMILES string of the molecule is O=C(O)C(Cc1cc(I)c(O)c(I)c1)c1ccccc1.OCCNCCO. The molecule has 2 rings (SSSR count). The molecule has 0 aliphatic rings. The summed E-state index contributed by atoms with van der Waals surface area (Å²) in [6.07, 6.45) is 0.408. The Morgan fingerprint density at radius 3 is 1.96 bits per heavy atom. The number of aliphatic carboxylic acids is 1. The number of aliphatic hydroxyl groups excluding tert-OH is 2. The van der Waals surface area contributed by atoms with Gasteiger partial charge in [0, 0.05) is 13.1 Å². The molecule has 5 N–H and O–H groups in total. The van der Waals surface area contributed by atoms with Crippen molar-refractivity contribution in [3.63, 3.8) is 0 Å². The van der Waals surface area contributed by atoms with Crippen LogP contribution in [0.5, 0.6) is 5.75 Å². The van der Waals surface area contributed by atoms with Crippen LogP contribution >= 0.6 is 45.2 Å². The molecule has 0 bridgehead atoms. The van der Waals surface area contributed by atoms with Gasteiger partial charge in [-0.1, -0.05) is 30.3 Å². The predicted octanol–water partition coefficient (Wildman–Crippen LogP) is 2.57. The smallest absolute Gasteiger partial charge is 0.311 e. The number of aromatic hydroxyl groups is 1. The highest BCUT2D eigenvalue weighted by Crippen LogP contribution is 2.30. The van der Waals surface area contributed by atoms with E-state index >= 15 is 0 Å². The lowest BCUT2D eigenvalue weighted by Gasteiger charge is -2.14. The van der Waals surface area contributed by atoms with E-state index < -0.39 is 11.9 Å². The van der Waals surface area contributed by atoms with Crippen LogP contribution in [0.15, 0.2) is 42.5 Å². The Labute approximate surface area is 185 Å². The molecule has 2 aromatic carbocycles. The molecule has 1 atom stereocenters. The van der Waals surface area contributed by atoms with E-state index in [2.05, 4.69) is 50.5 Å². The molecule has 0 aliphatic heterocycles. The molecule has 0 radical (unpaired) electrons. The van der Waals surface area contributed by atoms with Crippen molar-refractivity contribution in [2.24, 2.45) is 0 Å². The summed E-state index contributed by atoms with van der Waals surface area (Å²) in [5.41, 5.74) is 1.70. The molecule has 0 spiro atoms. The summed E-state index contributed by atoms with van der Waals surface area (Å²) in [6, 6.07) is 12.9. The van der Waals surface area contributed by atoms with Gasteiger partial charge in [-0.15, -0.1) is 0 Å². The summed E-state index contributed by atoms with van der Waals surface area (Å²) in [4.78, 5) is 11.5. The fraction of sp³-hybridized carbons (Fsp3) is 0.316. The number of phenols is 1. The fourth-order valence-corrected chi connectivity index (χ4v) is 4.18. The van der Waals surface area contributed by atoms with Crippen LogP contribution in [0.4, 0.5) is 0 Å². The minimum Gasteiger partial charge on any atom is -0.506 e. The number of hydrogen-bond donors (Lipinski definition) is 5. The average Bonchev–Trinajstić information content (AvgIpc) is 2.65. The number of rotatable bonds is 8. The Hall–Kier alpha value is -0.950. The zero-order valence-electron chi connectivity index (χ0n) is 14.6. The lowest BCUT2D eigenvalue weighted by atomic mass is 9.92. The van der Waals surface area contributed by atoms with E-state index in [0.717, 1.165) is 18.3 Å². The van der Waals surface area contributed by atoms with E-state index in [4.69, 9.17) is 10.2 Å². The normalized spacial score (nSPS) is 11.4. The lowest BCUT2D eigenvalue weighted by molar-refractivity contribution is -0.138. The summed E-state index contributed by atoms with van der Waals surface area (Å²) in [6.45, 7) is 1.42. The van der Waals surface area contributed by atoms with Gasteiger partial charge in [0.1, 0.15) is 5.75 Å². The van der Waals surface area contributed by atoms with Crippen molar-refractivity contribution in [1.29, 1.82) is 0 Å². The monoisotopic (exact) mass is 599 g/mol. The Morgan fingerprint density at radius 2 is 1.52 bits per heavy atom. The summed E-state index contributed by atoms with van der Waals surface area (Å²) in [5.74, 6) is -1.16. The Bertz CT molecular complexity index is 685. The second-order valence-electron chi connectivity index (χ2n) is 5.61. The van der Waals surface area contributed by atoms with Crippen LogP contribution in [0.3, 0.4) is 0 Å². The van der Waals surface area contributed by atoms with Crippen LogP contribution in [0.2, 0.25) is 0 Å². The molecule has 148 valence electrons. The first-order chi connectivity index (χ1) is 12.9. The van der Waals surface area contributed by atoms with Gasteiger partial charge in [-0.3, -0.25) is 4.79 Å². The number of aliphatic hydroxyl groups is 2. The van der Waals surface area contributed by atoms with E-state index in [1.807, 2.05) is 42.5 Å². The van der Waals surface area contributed by atoms with Gasteiger partial charge in [-0.05, 0) is 74.9 Å². The quantitative estimate of drug-likeness (QED) is 0.236. The number of carboxylic acids is 1. The fourth-order valence-electron chi connectivity index (χ4n) is 2.29. The third kappa shape index (κ3) is 8.73. The molecule has 27 heavy (non-hydrogen) atoms. The highest BCUT2D eigenvalue weighted by molar-refractivity contribution is 14.1. The van der Waals surface area contributed by atoms with E-state index in [-0.39, 0.29) is 19.0 Å². The van der Waals surface area contributed by atoms with Crippen LogP contribution in [-0.2, 0) is 11.2 Å². The zero-order chi connectivity index (χ0) is 20.2. The third-order valence-electron chi connectivity index (χ3n) is 3.59. The number of hydrogen-bond acceptors (Lipinski definition) is 5. The van der Waals surface area contributed by atoms with Crippen LogP contribution in [0, 0.1) is 7.14 Å². The van der Waals surface area contributed by atoms with E-state index in [1.54, 1.807) is 0 Å². The van der Waals surface area contributed by atoms with Crippen molar-refractivity contribution in [2.45, 2.75) is 12.3 Å². The maximum absolute atomic E-state index is 11.5. The number of benzene rings is 2. The molecule has 0 saturated heterocycles. The van der Waals surface area contributed by atoms with Gasteiger partial charge in [0.2, 0.25) is 0 Å². The largest absolute Gasteiger partial charge is 0.506 e. The van der Waals surface area contributed by atoms with E-state index in [0.29, 0.717) is 19.5 Å². The molecule has 0 fully saturated rings. The first-order valence-corrected chi connectivity index (χ1v) is 10.4. The number of phenolic OH excluding ortho intramolecular Hbond substituents is 1. The second-order valence-corrected chi connectivity index (χ2v) is 7.94. The molecule has 1 unspecified atom stereocenters. The summed E-state index contributed by atoms with van der Waals surface area (Å²) in [5, 5.41) is 38.3. The molecular weight excluding hydrogens is 576 g/mol. The summed E-state index contributed by atoms with van der Waals surface area (Å²) in [7, 11) is 0. The number of nitrogens with one attached hydrogen (secondary N) is 1. The molecule has 6 nitrogen and oxygen atoms in total. The topological polar surface area (TPSA) is 110 Å². The molecule has 0 aromatic heterocycles. The summed E-state index contributed by atoms with van der Waals surface area (Å²) >= 11 is 4.10. The maximum Gasteiger partial charge on any atom is 0.311 e. The standard InChI is InChI=1S/C15H12I2O3.C4H11NO2/c16-12-7-9(8-13(17)14(12)18)6-11(15(19)20)10-4-2-1-3-5-10;6-3-1-5-2-4-7/h1-5,7-8,11,18H,6H2,(H,19,20);5-7H,1-4H2. The number of halogens is 2. The van der Waals surface area contributed by atoms with Gasteiger partial charge in [-0.2, -0.15) is 0 Å². The Morgan fingerprint density at radius 1 is 1.00 bits per heavy atom. The number of carbonyl (C=O) groups is 1. The maximum atomic E-state index is 11.5. The first-order valence-electron chi connectivity index (χ1n) is 8.27. The van der Waals surface area contributed by atoms with Gasteiger partial charge in [0.05, 0.1) is 26.3 Å². The van der Waals surface area contributed by atoms with Crippen molar-refractivity contribution >= 4 is 51.2 Å². The van der Waals surface area contributed by atoms with Gasteiger partial charge in [0.25, 0.3) is 0 Å². The highest BCUT2D eigenvalue weighted by atomic mass is 127. The third-order valence-corrected chi connectivity index (χ3v) is 5.24. The van der Waals surface area contributed by atoms with Crippen molar-refractivity contribution in [3.8, 4) is 5.75 Å². The van der Waals surface area contributed by atoms with Crippen LogP contribution in [-0.4, -0.2) is 52.7 Å². The van der Waals surface area contributed by atoms with Gasteiger partial charge >= 0.3 is 5.97 Å². The summed E-state index contributed by atoms with van der Waals surface area (Å²) < 4.78 is 1.48. The average molecular weight is 599 g/mol. The predicted molar refractivity (Wildman–Crippen MR) is 121 cm³/mol. The van der Waals surface area contributed by atoms with Crippen LogP contribution in [0.1, 0.15) is 17.0 Å². The van der Waals surface area contributed by atoms with Gasteiger partial charge in [-0.25, -0.2) is 0 Å². The molecule has 8 heteroatoms. The zero-order valence-corrected chi connectivity index (χ0v) is 18.9. The molecule has 0 heterocycles. The van der Waals surface area contributed by atoms with Crippen LogP contribution in [0.25, 0.3) is 0 Å². The van der Waals surface area contributed by atoms with Gasteiger partial charge in [0.15, 0.2) is 0 Å². The first kappa shape index (κ1) is 24.1. The molecule has 0 aliphatic carbocycles. The Kier molecular flexibility index (Phi) is 11.8. The highest BCUT2D eigenvalue weighted by Gasteiger charge is 2.21. The second kappa shape index (κ2) is 13.3. The molecular formula is C19H23I2NO5. The van der Waals surface area contributed by atoms with E-state index in [9.17, 15) is 15.0 Å². The molecule has 0 saturated carbocycles. The van der Waals surface area contributed by atoms with Crippen molar-refractivity contribution in [3.05, 3.63) is 60.7 Å². The Balaban J connectivity index is 0.000000445. The molecule has 2 aromatic rings. The lowest BCUT2D eigenvalue weighted by Crippen LogP contribution is -2.21. The van der Waals surface area contributed by atoms with Crippen molar-refractivity contribution < 1.29 is 25.2 Å². The minimum atomic E-state index is -0.839. The van der Waals surface area contributed by atoms with Gasteiger partial charge < -0.3 is 25.7 Å².